The van der Waals surface area contributed by atoms with Crippen LogP contribution in [0.2, 0.25) is 0 Å². The van der Waals surface area contributed by atoms with Crippen molar-refractivity contribution >= 4 is 32.8 Å². The fourth-order valence-corrected chi connectivity index (χ4v) is 3.03. The van der Waals surface area contributed by atoms with Gasteiger partial charge >= 0.3 is 15.6 Å². The van der Waals surface area contributed by atoms with Crippen LogP contribution in [-0.4, -0.2) is 49.0 Å². The molecule has 1 atom stereocenters. The van der Waals surface area contributed by atoms with Gasteiger partial charge in [-0.1, -0.05) is 18.2 Å². The number of phosphoric acid groups is 2. The Morgan fingerprint density at radius 3 is 2.30 bits per heavy atom. The number of nitrogens with zero attached hydrogens (tertiary/aromatic N) is 3. The molecule has 4 N–H and O–H groups in total. The van der Waals surface area contributed by atoms with Crippen molar-refractivity contribution in [3.8, 4) is 0 Å². The van der Waals surface area contributed by atoms with Crippen LogP contribution in [0.4, 0.5) is 5.69 Å². The van der Waals surface area contributed by atoms with E-state index < -0.39 is 34.8 Å². The van der Waals surface area contributed by atoms with Crippen LogP contribution in [0.3, 0.4) is 0 Å². The van der Waals surface area contributed by atoms with Crippen LogP contribution in [0, 0.1) is 5.92 Å². The summed E-state index contributed by atoms with van der Waals surface area (Å²) < 4.78 is 30.9. The fourth-order valence-electron chi connectivity index (χ4n) is 2.35. The molecular formula is C14H17N3O8P2. The summed E-state index contributed by atoms with van der Waals surface area (Å²) in [5.41, 5.74) is 10.3. The molecular weight excluding hydrogens is 400 g/mol. The van der Waals surface area contributed by atoms with E-state index in [0.29, 0.717) is 11.4 Å². The van der Waals surface area contributed by atoms with Crippen LogP contribution in [0.1, 0.15) is 6.42 Å². The molecule has 0 bridgehead atoms. The number of rotatable bonds is 7. The van der Waals surface area contributed by atoms with Crippen LogP contribution in [-0.2, 0) is 18.2 Å². The van der Waals surface area contributed by atoms with Gasteiger partial charge in [-0.25, -0.2) is 9.13 Å². The molecule has 11 nitrogen and oxygen atoms in total. The van der Waals surface area contributed by atoms with E-state index in [1.165, 1.54) is 6.08 Å². The summed E-state index contributed by atoms with van der Waals surface area (Å²) in [5, 5.41) is 0. The molecule has 0 saturated carbocycles. The first kappa shape index (κ1) is 21.5. The number of allylic oxidation sites excluding steroid dienone is 1. The van der Waals surface area contributed by atoms with Gasteiger partial charge in [-0.2, -0.15) is 4.79 Å². The number of benzene rings is 1. The van der Waals surface area contributed by atoms with Crippen molar-refractivity contribution in [2.75, 3.05) is 13.2 Å². The largest absolute Gasteiger partial charge is 0.469 e. The summed E-state index contributed by atoms with van der Waals surface area (Å²) in [4.78, 5) is 43.0. The zero-order valence-electron chi connectivity index (χ0n) is 13.8. The second kappa shape index (κ2) is 8.95. The average Bonchev–Trinajstić information content (AvgIpc) is 2.58. The van der Waals surface area contributed by atoms with E-state index in [4.69, 9.17) is 19.6 Å². The number of phosphoric ester groups is 2. The fraction of sp³-hybridized carbons (Fsp3) is 0.286. The Balaban J connectivity index is 2.36. The molecule has 0 aromatic heterocycles. The van der Waals surface area contributed by atoms with Gasteiger partial charge in [-0.3, -0.25) is 14.0 Å². The standard InChI is InChI=1S/C14H17N3O8P2/c15-17-14-7-10(8-24-26(18,19)20)13(16-12-4-2-1-3-5-12)6-11(14)9-25-27(21,22)23/h1-5,7,11H,6,8-9H2,(H2,18,19,20)(H2,21,22,23). The van der Waals surface area contributed by atoms with Gasteiger partial charge in [0, 0.05) is 23.8 Å². The molecule has 1 aliphatic carbocycles. The summed E-state index contributed by atoms with van der Waals surface area (Å²) in [5.74, 6) is -0.733. The lowest BCUT2D eigenvalue weighted by Gasteiger charge is -2.21. The van der Waals surface area contributed by atoms with Crippen LogP contribution in [0.5, 0.6) is 0 Å². The Morgan fingerprint density at radius 2 is 1.74 bits per heavy atom. The maximum Gasteiger partial charge on any atom is 0.469 e. The van der Waals surface area contributed by atoms with E-state index in [9.17, 15) is 14.7 Å². The number of hydrogen-bond donors (Lipinski definition) is 4. The lowest BCUT2D eigenvalue weighted by Crippen LogP contribution is -2.29. The SMILES string of the molecule is [N-]=[N+]=C1C=C(COP(=O)(O)O)C(=Nc2ccccc2)CC1COP(=O)(O)O. The molecule has 0 heterocycles. The van der Waals surface area contributed by atoms with Crippen LogP contribution < -0.4 is 0 Å². The topological polar surface area (TPSA) is 182 Å². The van der Waals surface area contributed by atoms with Crippen LogP contribution >= 0.6 is 15.6 Å². The van der Waals surface area contributed by atoms with Gasteiger partial charge in [-0.15, -0.1) is 0 Å². The molecule has 1 unspecified atom stereocenters. The highest BCUT2D eigenvalue weighted by molar-refractivity contribution is 7.46. The van der Waals surface area contributed by atoms with Crippen LogP contribution in [0.25, 0.3) is 5.53 Å². The van der Waals surface area contributed by atoms with E-state index >= 15 is 0 Å². The van der Waals surface area contributed by atoms with Crippen molar-refractivity contribution < 1.29 is 42.5 Å². The van der Waals surface area contributed by atoms with Crippen molar-refractivity contribution in [1.29, 1.82) is 0 Å². The Bertz CT molecular complexity index is 883. The Kier molecular flexibility index (Phi) is 7.13. The molecule has 0 aliphatic heterocycles. The Labute approximate surface area is 154 Å². The first-order chi connectivity index (χ1) is 12.6. The number of hydrogen-bond acceptors (Lipinski definition) is 5. The van der Waals surface area contributed by atoms with Crippen LogP contribution in [0.15, 0.2) is 47.0 Å². The van der Waals surface area contributed by atoms with Crippen molar-refractivity contribution in [2.24, 2.45) is 10.9 Å². The van der Waals surface area contributed by atoms with Gasteiger partial charge in [0.25, 0.3) is 5.71 Å². The maximum atomic E-state index is 11.0. The first-order valence-electron chi connectivity index (χ1n) is 7.53. The third-order valence-corrected chi connectivity index (χ3v) is 4.47. The van der Waals surface area contributed by atoms with E-state index in [0.717, 1.165) is 0 Å². The Hall–Kier alpha value is -1.77. The minimum Gasteiger partial charge on any atom is -0.361 e. The first-order valence-corrected chi connectivity index (χ1v) is 10.6. The highest BCUT2D eigenvalue weighted by Crippen LogP contribution is 2.39. The van der Waals surface area contributed by atoms with Crippen molar-refractivity contribution in [3.05, 3.63) is 47.5 Å². The highest BCUT2D eigenvalue weighted by Gasteiger charge is 2.34. The number of para-hydroxylation sites is 1. The molecule has 1 aromatic carbocycles. The van der Waals surface area contributed by atoms with Gasteiger partial charge in [0.2, 0.25) is 0 Å². The molecule has 13 heteroatoms. The van der Waals surface area contributed by atoms with E-state index in [-0.39, 0.29) is 17.7 Å². The normalized spacial score (nSPS) is 19.7. The minimum atomic E-state index is -4.75. The maximum absolute atomic E-state index is 11.0. The summed E-state index contributed by atoms with van der Waals surface area (Å²) >= 11 is 0. The smallest absolute Gasteiger partial charge is 0.361 e. The molecule has 1 aliphatic rings. The lowest BCUT2D eigenvalue weighted by atomic mass is 9.87. The van der Waals surface area contributed by atoms with Crippen molar-refractivity contribution in [2.45, 2.75) is 6.42 Å². The summed E-state index contributed by atoms with van der Waals surface area (Å²) in [7, 11) is -9.48. The summed E-state index contributed by atoms with van der Waals surface area (Å²) in [6.45, 7) is -0.943. The van der Waals surface area contributed by atoms with E-state index in [2.05, 4.69) is 18.8 Å². The molecule has 2 rings (SSSR count). The predicted octanol–water partition coefficient (Wildman–Crippen LogP) is 1.59. The monoisotopic (exact) mass is 417 g/mol. The quantitative estimate of drug-likeness (QED) is 0.293. The molecule has 0 spiro atoms. The molecule has 27 heavy (non-hydrogen) atoms. The third kappa shape index (κ3) is 7.40. The summed E-state index contributed by atoms with van der Waals surface area (Å²) in [6, 6.07) is 8.67. The molecule has 0 radical (unpaired) electrons. The zero-order chi connectivity index (χ0) is 20.1. The molecule has 0 amide bonds. The molecule has 0 fully saturated rings. The van der Waals surface area contributed by atoms with Gasteiger partial charge in [-0.05, 0) is 12.1 Å². The van der Waals surface area contributed by atoms with Crippen molar-refractivity contribution in [3.63, 3.8) is 0 Å². The molecule has 1 aromatic rings. The zero-order valence-corrected chi connectivity index (χ0v) is 15.6. The minimum absolute atomic E-state index is 0.0137. The number of aliphatic imine (C=N–C) groups is 1. The van der Waals surface area contributed by atoms with Gasteiger partial charge < -0.3 is 25.1 Å². The van der Waals surface area contributed by atoms with Gasteiger partial charge in [0.05, 0.1) is 24.8 Å². The molecule has 146 valence electrons. The second-order valence-electron chi connectivity index (χ2n) is 5.54. The van der Waals surface area contributed by atoms with Gasteiger partial charge in [0.1, 0.15) is 0 Å². The summed E-state index contributed by atoms with van der Waals surface area (Å²) in [6.07, 6.45) is 1.33. The van der Waals surface area contributed by atoms with Gasteiger partial charge in [0.15, 0.2) is 0 Å². The van der Waals surface area contributed by atoms with E-state index in [1.807, 2.05) is 0 Å². The predicted molar refractivity (Wildman–Crippen MR) is 94.3 cm³/mol. The second-order valence-corrected chi connectivity index (χ2v) is 8.02. The van der Waals surface area contributed by atoms with Crippen molar-refractivity contribution in [1.82, 2.24) is 0 Å². The Morgan fingerprint density at radius 1 is 1.11 bits per heavy atom. The lowest BCUT2D eigenvalue weighted by molar-refractivity contribution is -0.0130. The van der Waals surface area contributed by atoms with E-state index in [1.54, 1.807) is 30.3 Å². The average molecular weight is 417 g/mol. The highest BCUT2D eigenvalue weighted by atomic mass is 31.2. The molecule has 0 saturated heterocycles. The third-order valence-electron chi connectivity index (χ3n) is 3.52.